The highest BCUT2D eigenvalue weighted by molar-refractivity contribution is 6.05. The second-order valence-corrected chi connectivity index (χ2v) is 4.38. The molecule has 4 N–H and O–H groups in total. The van der Waals surface area contributed by atoms with Gasteiger partial charge in [0.25, 0.3) is 5.91 Å². The fourth-order valence-corrected chi connectivity index (χ4v) is 1.84. The first kappa shape index (κ1) is 14.9. The number of nitrogens with two attached hydrogens (primary N) is 1. The Balaban J connectivity index is 2.30. The van der Waals surface area contributed by atoms with Crippen molar-refractivity contribution in [1.29, 1.82) is 0 Å². The zero-order valence-electron chi connectivity index (χ0n) is 11.0. The summed E-state index contributed by atoms with van der Waals surface area (Å²) in [6.45, 7) is 1.65. The van der Waals surface area contributed by atoms with Crippen molar-refractivity contribution < 1.29 is 18.0 Å². The Morgan fingerprint density at radius 2 is 1.86 bits per heavy atom. The summed E-state index contributed by atoms with van der Waals surface area (Å²) < 4.78 is 39.6. The first-order chi connectivity index (χ1) is 9.92. The van der Waals surface area contributed by atoms with E-state index in [1.807, 2.05) is 0 Å². The molecule has 2 aromatic carbocycles. The molecule has 0 aliphatic carbocycles. The van der Waals surface area contributed by atoms with Gasteiger partial charge in [0.15, 0.2) is 11.6 Å². The molecule has 2 rings (SSSR count). The predicted octanol–water partition coefficient (Wildman–Crippen LogP) is 2.95. The number of aryl methyl sites for hydroxylation is 1. The van der Waals surface area contributed by atoms with E-state index in [1.54, 1.807) is 19.1 Å². The third-order valence-electron chi connectivity index (χ3n) is 2.88. The van der Waals surface area contributed by atoms with Gasteiger partial charge in [-0.3, -0.25) is 10.6 Å². The third kappa shape index (κ3) is 3.14. The van der Waals surface area contributed by atoms with Crippen molar-refractivity contribution in [3.8, 4) is 0 Å². The van der Waals surface area contributed by atoms with E-state index in [4.69, 9.17) is 5.84 Å². The zero-order chi connectivity index (χ0) is 15.6. The molecule has 0 fully saturated rings. The largest absolute Gasteiger partial charge is 0.324 e. The number of nitrogen functional groups attached to an aromatic ring is 1. The highest BCUT2D eigenvalue weighted by Gasteiger charge is 2.16. The van der Waals surface area contributed by atoms with Crippen LogP contribution in [0.15, 0.2) is 30.3 Å². The van der Waals surface area contributed by atoms with E-state index in [-0.39, 0.29) is 5.56 Å². The molecule has 2 aromatic rings. The van der Waals surface area contributed by atoms with Crippen LogP contribution in [0.4, 0.5) is 24.5 Å². The van der Waals surface area contributed by atoms with Crippen molar-refractivity contribution in [3.63, 3.8) is 0 Å². The van der Waals surface area contributed by atoms with Crippen molar-refractivity contribution in [2.75, 3.05) is 10.7 Å². The minimum Gasteiger partial charge on any atom is -0.324 e. The highest BCUT2D eigenvalue weighted by Crippen LogP contribution is 2.21. The second-order valence-electron chi connectivity index (χ2n) is 4.38. The molecule has 110 valence electrons. The number of amides is 1. The van der Waals surface area contributed by atoms with Gasteiger partial charge in [0.05, 0.1) is 5.69 Å². The number of halogens is 3. The lowest BCUT2D eigenvalue weighted by Gasteiger charge is -2.10. The number of hydrogen-bond donors (Lipinski definition) is 3. The van der Waals surface area contributed by atoms with Crippen LogP contribution in [0.25, 0.3) is 0 Å². The molecular formula is C14H12F3N3O. The van der Waals surface area contributed by atoms with Gasteiger partial charge in [0.1, 0.15) is 5.82 Å². The number of anilines is 2. The van der Waals surface area contributed by atoms with Gasteiger partial charge in [-0.25, -0.2) is 13.2 Å². The van der Waals surface area contributed by atoms with E-state index >= 15 is 0 Å². The van der Waals surface area contributed by atoms with Crippen LogP contribution in [0.2, 0.25) is 0 Å². The number of hydrazine groups is 1. The van der Waals surface area contributed by atoms with E-state index in [0.717, 1.165) is 0 Å². The molecule has 0 aromatic heterocycles. The molecule has 0 aliphatic heterocycles. The second kappa shape index (κ2) is 5.84. The third-order valence-corrected chi connectivity index (χ3v) is 2.88. The molecule has 0 bridgehead atoms. The fraction of sp³-hybridized carbons (Fsp3) is 0.0714. The van der Waals surface area contributed by atoms with Crippen molar-refractivity contribution >= 4 is 17.3 Å². The van der Waals surface area contributed by atoms with Crippen LogP contribution in [0.3, 0.4) is 0 Å². The summed E-state index contributed by atoms with van der Waals surface area (Å²) in [7, 11) is 0. The van der Waals surface area contributed by atoms with Crippen molar-refractivity contribution in [2.24, 2.45) is 5.84 Å². The molecule has 0 radical (unpaired) electrons. The van der Waals surface area contributed by atoms with Gasteiger partial charge in [-0.1, -0.05) is 0 Å². The van der Waals surface area contributed by atoms with Crippen LogP contribution in [-0.2, 0) is 0 Å². The number of carbonyl (C=O) groups excluding carboxylic acids is 1. The normalized spacial score (nSPS) is 10.3. The fourth-order valence-electron chi connectivity index (χ4n) is 1.84. The summed E-state index contributed by atoms with van der Waals surface area (Å²) in [5.74, 6) is 0.887. The Bertz CT molecular complexity index is 704. The van der Waals surface area contributed by atoms with Crippen LogP contribution < -0.4 is 16.6 Å². The van der Waals surface area contributed by atoms with Crippen molar-refractivity contribution in [2.45, 2.75) is 6.92 Å². The van der Waals surface area contributed by atoms with Gasteiger partial charge in [-0.15, -0.1) is 0 Å². The molecule has 1 amide bonds. The zero-order valence-corrected chi connectivity index (χ0v) is 11.0. The SMILES string of the molecule is Cc1cc(NN)ccc1C(=O)Nc1cc(F)cc(F)c1F. The van der Waals surface area contributed by atoms with E-state index in [1.165, 1.54) is 6.07 Å². The lowest BCUT2D eigenvalue weighted by atomic mass is 10.1. The molecule has 0 unspecified atom stereocenters. The lowest BCUT2D eigenvalue weighted by molar-refractivity contribution is 0.102. The van der Waals surface area contributed by atoms with Gasteiger partial charge < -0.3 is 10.7 Å². The lowest BCUT2D eigenvalue weighted by Crippen LogP contribution is -2.16. The van der Waals surface area contributed by atoms with E-state index in [2.05, 4.69) is 10.7 Å². The Labute approximate surface area is 118 Å². The standard InChI is InChI=1S/C14H12F3N3O/c1-7-4-9(20-18)2-3-10(7)14(21)19-12-6-8(15)5-11(16)13(12)17/h2-6,20H,18H2,1H3,(H,19,21). The van der Waals surface area contributed by atoms with Crippen LogP contribution in [0, 0.1) is 24.4 Å². The summed E-state index contributed by atoms with van der Waals surface area (Å²) in [4.78, 5) is 12.0. The number of benzene rings is 2. The van der Waals surface area contributed by atoms with Crippen molar-refractivity contribution in [1.82, 2.24) is 0 Å². The quantitative estimate of drug-likeness (QED) is 0.463. The number of hydrogen-bond acceptors (Lipinski definition) is 3. The Kier molecular flexibility index (Phi) is 4.13. The van der Waals surface area contributed by atoms with Crippen LogP contribution in [0.1, 0.15) is 15.9 Å². The van der Waals surface area contributed by atoms with E-state index in [9.17, 15) is 18.0 Å². The summed E-state index contributed by atoms with van der Waals surface area (Å²) >= 11 is 0. The molecule has 0 atom stereocenters. The number of nitrogens with one attached hydrogen (secondary N) is 2. The van der Waals surface area contributed by atoms with Crippen LogP contribution in [-0.4, -0.2) is 5.91 Å². The Morgan fingerprint density at radius 1 is 1.14 bits per heavy atom. The van der Waals surface area contributed by atoms with Gasteiger partial charge in [-0.2, -0.15) is 0 Å². The smallest absolute Gasteiger partial charge is 0.256 e. The van der Waals surface area contributed by atoms with Crippen molar-refractivity contribution in [3.05, 3.63) is 58.9 Å². The monoisotopic (exact) mass is 295 g/mol. The van der Waals surface area contributed by atoms with Gasteiger partial charge in [-0.05, 0) is 30.7 Å². The summed E-state index contributed by atoms with van der Waals surface area (Å²) in [5.41, 5.74) is 3.25. The van der Waals surface area contributed by atoms with E-state index < -0.39 is 29.0 Å². The summed E-state index contributed by atoms with van der Waals surface area (Å²) in [5, 5.41) is 2.14. The molecular weight excluding hydrogens is 283 g/mol. The van der Waals surface area contributed by atoms with Gasteiger partial charge >= 0.3 is 0 Å². The first-order valence-electron chi connectivity index (χ1n) is 5.95. The molecule has 0 saturated carbocycles. The Hall–Kier alpha value is -2.54. The summed E-state index contributed by atoms with van der Waals surface area (Å²) in [6.07, 6.45) is 0. The maximum atomic E-state index is 13.5. The van der Waals surface area contributed by atoms with Gasteiger partial charge in [0, 0.05) is 23.4 Å². The number of carbonyl (C=O) groups is 1. The summed E-state index contributed by atoms with van der Waals surface area (Å²) in [6, 6.07) is 5.73. The molecule has 7 heteroatoms. The van der Waals surface area contributed by atoms with E-state index in [0.29, 0.717) is 23.4 Å². The molecule has 0 aliphatic rings. The Morgan fingerprint density at radius 3 is 2.48 bits per heavy atom. The van der Waals surface area contributed by atoms with Crippen LogP contribution in [0.5, 0.6) is 0 Å². The first-order valence-corrected chi connectivity index (χ1v) is 5.95. The molecule has 0 spiro atoms. The molecule has 21 heavy (non-hydrogen) atoms. The number of rotatable bonds is 3. The molecule has 4 nitrogen and oxygen atoms in total. The maximum Gasteiger partial charge on any atom is 0.256 e. The van der Waals surface area contributed by atoms with Crippen LogP contribution >= 0.6 is 0 Å². The van der Waals surface area contributed by atoms with Gasteiger partial charge in [0.2, 0.25) is 0 Å². The highest BCUT2D eigenvalue weighted by atomic mass is 19.2. The average molecular weight is 295 g/mol. The molecule has 0 heterocycles. The predicted molar refractivity (Wildman–Crippen MR) is 73.3 cm³/mol. The molecule has 0 saturated heterocycles. The minimum atomic E-state index is -1.37. The minimum absolute atomic E-state index is 0.234. The maximum absolute atomic E-state index is 13.5. The topological polar surface area (TPSA) is 67.1 Å². The average Bonchev–Trinajstić information content (AvgIpc) is 2.43.